The number of piperazine rings is 1. The van der Waals surface area contributed by atoms with Crippen LogP contribution in [0.4, 0.5) is 5.69 Å². The SMILES string of the molecule is CC(C)c1cncc(N2CCN(N)CC2)c1. The molecule has 1 aromatic heterocycles. The largest absolute Gasteiger partial charge is 0.368 e. The maximum Gasteiger partial charge on any atom is 0.0556 e. The number of anilines is 1. The Morgan fingerprint density at radius 3 is 2.50 bits per heavy atom. The highest BCUT2D eigenvalue weighted by Crippen LogP contribution is 2.20. The van der Waals surface area contributed by atoms with E-state index in [1.54, 1.807) is 0 Å². The fourth-order valence-corrected chi connectivity index (χ4v) is 1.91. The summed E-state index contributed by atoms with van der Waals surface area (Å²) >= 11 is 0. The van der Waals surface area contributed by atoms with Crippen molar-refractivity contribution in [1.29, 1.82) is 0 Å². The Kier molecular flexibility index (Phi) is 3.41. The summed E-state index contributed by atoms with van der Waals surface area (Å²) in [5, 5.41) is 1.87. The van der Waals surface area contributed by atoms with E-state index in [2.05, 4.69) is 29.8 Å². The summed E-state index contributed by atoms with van der Waals surface area (Å²) < 4.78 is 0. The second-order valence-corrected chi connectivity index (χ2v) is 4.65. The van der Waals surface area contributed by atoms with Crippen LogP contribution in [0, 0.1) is 0 Å². The predicted octanol–water partition coefficient (Wildman–Crippen LogP) is 1.20. The van der Waals surface area contributed by atoms with Crippen LogP contribution in [0.3, 0.4) is 0 Å². The highest BCUT2D eigenvalue weighted by Gasteiger charge is 2.15. The van der Waals surface area contributed by atoms with Gasteiger partial charge in [-0.25, -0.2) is 5.01 Å². The number of pyridine rings is 1. The minimum absolute atomic E-state index is 0.531. The lowest BCUT2D eigenvalue weighted by molar-refractivity contribution is 0.266. The average molecular weight is 220 g/mol. The van der Waals surface area contributed by atoms with Gasteiger partial charge in [0.25, 0.3) is 0 Å². The van der Waals surface area contributed by atoms with E-state index in [9.17, 15) is 0 Å². The summed E-state index contributed by atoms with van der Waals surface area (Å²) in [5.41, 5.74) is 2.52. The van der Waals surface area contributed by atoms with Crippen molar-refractivity contribution in [2.24, 2.45) is 5.84 Å². The van der Waals surface area contributed by atoms with Crippen molar-refractivity contribution in [1.82, 2.24) is 9.99 Å². The first-order valence-electron chi connectivity index (χ1n) is 5.86. The third-order valence-electron chi connectivity index (χ3n) is 3.09. The third-order valence-corrected chi connectivity index (χ3v) is 3.09. The van der Waals surface area contributed by atoms with Gasteiger partial charge in [0.15, 0.2) is 0 Å². The molecule has 4 heteroatoms. The topological polar surface area (TPSA) is 45.4 Å². The molecule has 88 valence electrons. The third kappa shape index (κ3) is 2.51. The van der Waals surface area contributed by atoms with Crippen molar-refractivity contribution in [3.05, 3.63) is 24.0 Å². The number of hydrogen-bond acceptors (Lipinski definition) is 4. The quantitative estimate of drug-likeness (QED) is 0.761. The lowest BCUT2D eigenvalue weighted by Gasteiger charge is -2.33. The summed E-state index contributed by atoms with van der Waals surface area (Å²) in [5.74, 6) is 6.27. The lowest BCUT2D eigenvalue weighted by Crippen LogP contribution is -2.49. The number of nitrogens with zero attached hydrogens (tertiary/aromatic N) is 3. The van der Waals surface area contributed by atoms with E-state index < -0.39 is 0 Å². The average Bonchev–Trinajstić information content (AvgIpc) is 2.30. The summed E-state index contributed by atoms with van der Waals surface area (Å²) in [6.07, 6.45) is 3.89. The monoisotopic (exact) mass is 220 g/mol. The van der Waals surface area contributed by atoms with Crippen LogP contribution in [0.5, 0.6) is 0 Å². The molecule has 0 saturated carbocycles. The number of hydrazine groups is 1. The minimum Gasteiger partial charge on any atom is -0.368 e. The van der Waals surface area contributed by atoms with Gasteiger partial charge in [0, 0.05) is 32.4 Å². The predicted molar refractivity (Wildman–Crippen MR) is 66.3 cm³/mol. The second kappa shape index (κ2) is 4.80. The molecule has 1 aliphatic heterocycles. The van der Waals surface area contributed by atoms with Gasteiger partial charge in [0.05, 0.1) is 11.9 Å². The van der Waals surface area contributed by atoms with Gasteiger partial charge in [-0.3, -0.25) is 10.8 Å². The summed E-state index contributed by atoms with van der Waals surface area (Å²) in [4.78, 5) is 6.66. The smallest absolute Gasteiger partial charge is 0.0556 e. The number of hydrogen-bond donors (Lipinski definition) is 1. The fourth-order valence-electron chi connectivity index (χ4n) is 1.91. The van der Waals surface area contributed by atoms with E-state index >= 15 is 0 Å². The Bertz CT molecular complexity index is 343. The molecule has 2 N–H and O–H groups in total. The Morgan fingerprint density at radius 1 is 1.19 bits per heavy atom. The van der Waals surface area contributed by atoms with Gasteiger partial charge in [-0.2, -0.15) is 0 Å². The zero-order valence-electron chi connectivity index (χ0n) is 10.1. The van der Waals surface area contributed by atoms with E-state index in [0.717, 1.165) is 26.2 Å². The van der Waals surface area contributed by atoms with Crippen molar-refractivity contribution in [3.8, 4) is 0 Å². The van der Waals surface area contributed by atoms with Crippen molar-refractivity contribution in [2.75, 3.05) is 31.1 Å². The first-order valence-corrected chi connectivity index (χ1v) is 5.86. The van der Waals surface area contributed by atoms with Crippen molar-refractivity contribution >= 4 is 5.69 Å². The van der Waals surface area contributed by atoms with E-state index in [0.29, 0.717) is 5.92 Å². The maximum absolute atomic E-state index is 5.74. The van der Waals surface area contributed by atoms with Crippen LogP contribution in [-0.4, -0.2) is 36.2 Å². The molecule has 1 saturated heterocycles. The molecule has 0 aliphatic carbocycles. The van der Waals surface area contributed by atoms with Gasteiger partial charge in [0.1, 0.15) is 0 Å². The number of nitrogens with two attached hydrogens (primary N) is 1. The van der Waals surface area contributed by atoms with Crippen molar-refractivity contribution < 1.29 is 0 Å². The normalized spacial score (nSPS) is 18.1. The maximum atomic E-state index is 5.74. The molecular weight excluding hydrogens is 200 g/mol. The highest BCUT2D eigenvalue weighted by atomic mass is 15.4. The molecule has 1 aliphatic rings. The molecule has 0 bridgehead atoms. The van der Waals surface area contributed by atoms with Gasteiger partial charge >= 0.3 is 0 Å². The zero-order chi connectivity index (χ0) is 11.5. The Balaban J connectivity index is 2.11. The first-order chi connectivity index (χ1) is 7.66. The standard InChI is InChI=1S/C12H20N4/c1-10(2)11-7-12(9-14-8-11)15-3-5-16(13)6-4-15/h7-10H,3-6,13H2,1-2H3. The molecule has 16 heavy (non-hydrogen) atoms. The Hall–Kier alpha value is -1.13. The molecule has 0 aromatic carbocycles. The number of rotatable bonds is 2. The number of aromatic nitrogens is 1. The zero-order valence-corrected chi connectivity index (χ0v) is 10.1. The van der Waals surface area contributed by atoms with Crippen LogP contribution in [0.1, 0.15) is 25.3 Å². The van der Waals surface area contributed by atoms with E-state index in [1.165, 1.54) is 11.3 Å². The molecule has 0 unspecified atom stereocenters. The van der Waals surface area contributed by atoms with Crippen LogP contribution in [0.25, 0.3) is 0 Å². The first kappa shape index (κ1) is 11.4. The van der Waals surface area contributed by atoms with E-state index in [1.807, 2.05) is 17.4 Å². The van der Waals surface area contributed by atoms with Gasteiger partial charge < -0.3 is 4.90 Å². The van der Waals surface area contributed by atoms with Gasteiger partial charge in [0.2, 0.25) is 0 Å². The van der Waals surface area contributed by atoms with Gasteiger partial charge in [-0.05, 0) is 17.5 Å². The molecule has 2 rings (SSSR count). The molecule has 4 nitrogen and oxygen atoms in total. The minimum atomic E-state index is 0.531. The highest BCUT2D eigenvalue weighted by molar-refractivity contribution is 5.47. The van der Waals surface area contributed by atoms with Crippen LogP contribution in [-0.2, 0) is 0 Å². The van der Waals surface area contributed by atoms with Crippen molar-refractivity contribution in [3.63, 3.8) is 0 Å². The lowest BCUT2D eigenvalue weighted by atomic mass is 10.1. The Morgan fingerprint density at radius 2 is 1.88 bits per heavy atom. The fraction of sp³-hybridized carbons (Fsp3) is 0.583. The summed E-state index contributed by atoms with van der Waals surface area (Å²) in [6, 6.07) is 2.24. The molecule has 2 heterocycles. The molecule has 0 spiro atoms. The Labute approximate surface area is 97.0 Å². The van der Waals surface area contributed by atoms with Crippen LogP contribution in [0.15, 0.2) is 18.5 Å². The van der Waals surface area contributed by atoms with Crippen molar-refractivity contribution in [2.45, 2.75) is 19.8 Å². The van der Waals surface area contributed by atoms with Gasteiger partial charge in [-0.15, -0.1) is 0 Å². The summed E-state index contributed by atoms with van der Waals surface area (Å²) in [6.45, 7) is 8.20. The molecule has 0 atom stereocenters. The van der Waals surface area contributed by atoms with Crippen LogP contribution < -0.4 is 10.7 Å². The molecule has 0 amide bonds. The van der Waals surface area contributed by atoms with E-state index in [4.69, 9.17) is 5.84 Å². The van der Waals surface area contributed by atoms with Crippen LogP contribution >= 0.6 is 0 Å². The molecular formula is C12H20N4. The van der Waals surface area contributed by atoms with E-state index in [-0.39, 0.29) is 0 Å². The van der Waals surface area contributed by atoms with Gasteiger partial charge in [-0.1, -0.05) is 13.8 Å². The second-order valence-electron chi connectivity index (χ2n) is 4.65. The molecule has 1 fully saturated rings. The summed E-state index contributed by atoms with van der Waals surface area (Å²) in [7, 11) is 0. The van der Waals surface area contributed by atoms with Crippen LogP contribution in [0.2, 0.25) is 0 Å². The molecule has 0 radical (unpaired) electrons. The molecule has 1 aromatic rings.